The van der Waals surface area contributed by atoms with E-state index in [1.54, 1.807) is 12.3 Å². The molecule has 1 N–H and O–H groups in total. The van der Waals surface area contributed by atoms with Crippen LogP contribution in [0.2, 0.25) is 0 Å². The van der Waals surface area contributed by atoms with Gasteiger partial charge >= 0.3 is 0 Å². The first-order chi connectivity index (χ1) is 8.16. The molecule has 2 rings (SSSR count). The predicted molar refractivity (Wildman–Crippen MR) is 68.1 cm³/mol. The number of amides is 1. The van der Waals surface area contributed by atoms with Crippen molar-refractivity contribution in [3.63, 3.8) is 0 Å². The van der Waals surface area contributed by atoms with Crippen LogP contribution in [0.25, 0.3) is 0 Å². The molecule has 0 aliphatic carbocycles. The summed E-state index contributed by atoms with van der Waals surface area (Å²) in [4.78, 5) is 16.1. The molecule has 0 saturated carbocycles. The normalized spacial score (nSPS) is 10.0. The highest BCUT2D eigenvalue weighted by Gasteiger charge is 2.09. The van der Waals surface area contributed by atoms with E-state index in [1.165, 1.54) is 0 Å². The number of rotatable bonds is 2. The van der Waals surface area contributed by atoms with E-state index in [9.17, 15) is 4.79 Å². The monoisotopic (exact) mass is 226 g/mol. The van der Waals surface area contributed by atoms with Crippen LogP contribution in [0, 0.1) is 13.8 Å². The van der Waals surface area contributed by atoms with Crippen molar-refractivity contribution in [2.45, 2.75) is 13.8 Å². The lowest BCUT2D eigenvalue weighted by atomic mass is 10.1. The molecule has 0 radical (unpaired) electrons. The standard InChI is InChI=1S/C14H14N2O/c1-10-6-7-12(11(2)9-10)14(17)16-13-5-3-4-8-15-13/h3-9H,1-2H3,(H,15,16,17). The lowest BCUT2D eigenvalue weighted by molar-refractivity contribution is 0.102. The number of benzene rings is 1. The Morgan fingerprint density at radius 3 is 2.65 bits per heavy atom. The predicted octanol–water partition coefficient (Wildman–Crippen LogP) is 2.95. The molecule has 1 amide bonds. The molecule has 0 aliphatic rings. The highest BCUT2D eigenvalue weighted by molar-refractivity contribution is 6.04. The highest BCUT2D eigenvalue weighted by Crippen LogP contribution is 2.12. The van der Waals surface area contributed by atoms with Crippen molar-refractivity contribution in [3.05, 3.63) is 59.3 Å². The van der Waals surface area contributed by atoms with Gasteiger partial charge in [0.1, 0.15) is 5.82 Å². The highest BCUT2D eigenvalue weighted by atomic mass is 16.1. The summed E-state index contributed by atoms with van der Waals surface area (Å²) in [5, 5.41) is 2.77. The van der Waals surface area contributed by atoms with Gasteiger partial charge in [-0.3, -0.25) is 4.79 Å². The first-order valence-corrected chi connectivity index (χ1v) is 5.46. The van der Waals surface area contributed by atoms with Crippen molar-refractivity contribution in [2.75, 3.05) is 5.32 Å². The van der Waals surface area contributed by atoms with Crippen molar-refractivity contribution in [1.29, 1.82) is 0 Å². The zero-order chi connectivity index (χ0) is 12.3. The number of carbonyl (C=O) groups is 1. The summed E-state index contributed by atoms with van der Waals surface area (Å²) in [5.74, 6) is 0.443. The molecule has 3 nitrogen and oxygen atoms in total. The van der Waals surface area contributed by atoms with Crippen molar-refractivity contribution in [2.24, 2.45) is 0 Å². The quantitative estimate of drug-likeness (QED) is 0.855. The average Bonchev–Trinajstić information content (AvgIpc) is 2.30. The van der Waals surface area contributed by atoms with Gasteiger partial charge in [-0.2, -0.15) is 0 Å². The van der Waals surface area contributed by atoms with E-state index in [-0.39, 0.29) is 5.91 Å². The Labute approximate surface area is 101 Å². The summed E-state index contributed by atoms with van der Waals surface area (Å²) in [6, 6.07) is 11.2. The minimum atomic E-state index is -0.124. The molecule has 1 heterocycles. The maximum atomic E-state index is 12.0. The number of aryl methyl sites for hydroxylation is 2. The molecule has 0 saturated heterocycles. The Morgan fingerprint density at radius 1 is 1.18 bits per heavy atom. The second kappa shape index (κ2) is 4.78. The Morgan fingerprint density at radius 2 is 2.00 bits per heavy atom. The number of carbonyl (C=O) groups excluding carboxylic acids is 1. The Bertz CT molecular complexity index is 535. The summed E-state index contributed by atoms with van der Waals surface area (Å²) in [5.41, 5.74) is 2.80. The van der Waals surface area contributed by atoms with E-state index >= 15 is 0 Å². The van der Waals surface area contributed by atoms with Gasteiger partial charge in [-0.15, -0.1) is 0 Å². The van der Waals surface area contributed by atoms with Crippen LogP contribution in [-0.2, 0) is 0 Å². The van der Waals surface area contributed by atoms with E-state index in [0.717, 1.165) is 11.1 Å². The van der Waals surface area contributed by atoms with Crippen LogP contribution in [0.1, 0.15) is 21.5 Å². The Kier molecular flexibility index (Phi) is 3.19. The number of anilines is 1. The maximum Gasteiger partial charge on any atom is 0.257 e. The van der Waals surface area contributed by atoms with E-state index in [4.69, 9.17) is 0 Å². The molecular formula is C14H14N2O. The smallest absolute Gasteiger partial charge is 0.257 e. The fourth-order valence-electron chi connectivity index (χ4n) is 1.69. The number of pyridine rings is 1. The van der Waals surface area contributed by atoms with Crippen molar-refractivity contribution in [1.82, 2.24) is 4.98 Å². The molecule has 0 bridgehead atoms. The lowest BCUT2D eigenvalue weighted by Gasteiger charge is -2.07. The second-order valence-corrected chi connectivity index (χ2v) is 3.99. The second-order valence-electron chi connectivity index (χ2n) is 3.99. The largest absolute Gasteiger partial charge is 0.307 e. The third kappa shape index (κ3) is 2.69. The molecule has 0 atom stereocenters. The fraction of sp³-hybridized carbons (Fsp3) is 0.143. The zero-order valence-electron chi connectivity index (χ0n) is 9.90. The molecule has 1 aromatic carbocycles. The third-order valence-corrected chi connectivity index (χ3v) is 2.53. The molecule has 0 aliphatic heterocycles. The van der Waals surface area contributed by atoms with E-state index in [0.29, 0.717) is 11.4 Å². The molecule has 3 heteroatoms. The molecule has 0 spiro atoms. The number of hydrogen-bond donors (Lipinski definition) is 1. The lowest BCUT2D eigenvalue weighted by Crippen LogP contribution is -2.14. The van der Waals surface area contributed by atoms with E-state index in [1.807, 2.05) is 44.2 Å². The summed E-state index contributed by atoms with van der Waals surface area (Å²) >= 11 is 0. The Hall–Kier alpha value is -2.16. The van der Waals surface area contributed by atoms with Crippen LogP contribution < -0.4 is 5.32 Å². The summed E-state index contributed by atoms with van der Waals surface area (Å²) in [7, 11) is 0. The van der Waals surface area contributed by atoms with Gasteiger partial charge in [-0.05, 0) is 37.6 Å². The number of aromatic nitrogens is 1. The van der Waals surface area contributed by atoms with Gasteiger partial charge in [0.25, 0.3) is 5.91 Å². The fourth-order valence-corrected chi connectivity index (χ4v) is 1.69. The van der Waals surface area contributed by atoms with Gasteiger partial charge in [0, 0.05) is 11.8 Å². The van der Waals surface area contributed by atoms with Crippen LogP contribution in [0.4, 0.5) is 5.82 Å². The zero-order valence-corrected chi connectivity index (χ0v) is 9.90. The van der Waals surface area contributed by atoms with Gasteiger partial charge in [0.15, 0.2) is 0 Å². The molecule has 17 heavy (non-hydrogen) atoms. The summed E-state index contributed by atoms with van der Waals surface area (Å²) in [6.45, 7) is 3.94. The van der Waals surface area contributed by atoms with Crippen LogP contribution in [0.5, 0.6) is 0 Å². The average molecular weight is 226 g/mol. The SMILES string of the molecule is Cc1ccc(C(=O)Nc2ccccn2)c(C)c1. The Balaban J connectivity index is 2.21. The van der Waals surface area contributed by atoms with Crippen LogP contribution in [0.15, 0.2) is 42.6 Å². The van der Waals surface area contributed by atoms with E-state index < -0.39 is 0 Å². The van der Waals surface area contributed by atoms with Gasteiger partial charge in [-0.25, -0.2) is 4.98 Å². The van der Waals surface area contributed by atoms with Gasteiger partial charge in [-0.1, -0.05) is 23.8 Å². The van der Waals surface area contributed by atoms with E-state index in [2.05, 4.69) is 10.3 Å². The van der Waals surface area contributed by atoms with Gasteiger partial charge in [0.05, 0.1) is 0 Å². The molecule has 0 unspecified atom stereocenters. The van der Waals surface area contributed by atoms with Crippen LogP contribution in [0.3, 0.4) is 0 Å². The van der Waals surface area contributed by atoms with Crippen molar-refractivity contribution >= 4 is 11.7 Å². The van der Waals surface area contributed by atoms with Crippen LogP contribution >= 0.6 is 0 Å². The minimum Gasteiger partial charge on any atom is -0.307 e. The molecule has 2 aromatic rings. The van der Waals surface area contributed by atoms with Gasteiger partial charge < -0.3 is 5.32 Å². The molecule has 0 fully saturated rings. The number of nitrogens with zero attached hydrogens (tertiary/aromatic N) is 1. The van der Waals surface area contributed by atoms with Crippen molar-refractivity contribution < 1.29 is 4.79 Å². The third-order valence-electron chi connectivity index (χ3n) is 2.53. The number of hydrogen-bond acceptors (Lipinski definition) is 2. The topological polar surface area (TPSA) is 42.0 Å². The molecule has 1 aromatic heterocycles. The molecule has 86 valence electrons. The first-order valence-electron chi connectivity index (χ1n) is 5.46. The van der Waals surface area contributed by atoms with Gasteiger partial charge in [0.2, 0.25) is 0 Å². The minimum absolute atomic E-state index is 0.124. The first kappa shape index (κ1) is 11.3. The molecular weight excluding hydrogens is 212 g/mol. The van der Waals surface area contributed by atoms with Crippen LogP contribution in [-0.4, -0.2) is 10.9 Å². The maximum absolute atomic E-state index is 12.0. The van der Waals surface area contributed by atoms with Crippen molar-refractivity contribution in [3.8, 4) is 0 Å². The summed E-state index contributed by atoms with van der Waals surface area (Å²) in [6.07, 6.45) is 1.65. The number of nitrogens with one attached hydrogen (secondary N) is 1. The summed E-state index contributed by atoms with van der Waals surface area (Å²) < 4.78 is 0.